The van der Waals surface area contributed by atoms with E-state index < -0.39 is 0 Å². The van der Waals surface area contributed by atoms with Gasteiger partial charge in [0.2, 0.25) is 0 Å². The number of aromatic hydroxyl groups is 1. The minimum absolute atomic E-state index is 0. The van der Waals surface area contributed by atoms with Crippen molar-refractivity contribution in [1.82, 2.24) is 4.90 Å². The van der Waals surface area contributed by atoms with Gasteiger partial charge in [-0.1, -0.05) is 6.07 Å². The van der Waals surface area contributed by atoms with Gasteiger partial charge in [0.1, 0.15) is 5.75 Å². The molecule has 3 heterocycles. The van der Waals surface area contributed by atoms with Crippen LogP contribution in [0, 0.1) is 0 Å². The third-order valence-corrected chi connectivity index (χ3v) is 6.21. The van der Waals surface area contributed by atoms with Crippen molar-refractivity contribution in [2.24, 2.45) is 0 Å². The first kappa shape index (κ1) is 25.2. The zero-order chi connectivity index (χ0) is 17.1. The molecule has 1 aromatic carbocycles. The highest BCUT2D eigenvalue weighted by atomic mass is 35.5. The third-order valence-electron chi connectivity index (χ3n) is 5.35. The first-order valence-corrected chi connectivity index (χ1v) is 10.3. The van der Waals surface area contributed by atoms with Crippen LogP contribution in [-0.4, -0.2) is 49.3 Å². The lowest BCUT2D eigenvalue weighted by atomic mass is 10.1. The van der Waals surface area contributed by atoms with Gasteiger partial charge in [-0.25, -0.2) is 0 Å². The molecular formula is C20H30Cl3N3OS. The van der Waals surface area contributed by atoms with Crippen LogP contribution in [0.3, 0.4) is 0 Å². The summed E-state index contributed by atoms with van der Waals surface area (Å²) in [6, 6.07) is 10.5. The fraction of sp³-hybridized carbons (Fsp3) is 0.500. The molecule has 28 heavy (non-hydrogen) atoms. The monoisotopic (exact) mass is 465 g/mol. The topological polar surface area (TPSA) is 30.0 Å². The van der Waals surface area contributed by atoms with Gasteiger partial charge in [-0.15, -0.1) is 48.6 Å². The molecule has 0 unspecified atom stereocenters. The van der Waals surface area contributed by atoms with Crippen LogP contribution in [0.1, 0.15) is 24.1 Å². The van der Waals surface area contributed by atoms with E-state index in [0.717, 1.165) is 51.5 Å². The number of piperazine rings is 1. The van der Waals surface area contributed by atoms with E-state index in [1.54, 1.807) is 0 Å². The number of anilines is 2. The van der Waals surface area contributed by atoms with Gasteiger partial charge in [-0.05, 0) is 48.9 Å². The van der Waals surface area contributed by atoms with Gasteiger partial charge in [-0.2, -0.15) is 0 Å². The van der Waals surface area contributed by atoms with Gasteiger partial charge in [-0.3, -0.25) is 4.90 Å². The molecule has 0 spiro atoms. The van der Waals surface area contributed by atoms with Crippen molar-refractivity contribution in [2.45, 2.75) is 25.8 Å². The average Bonchev–Trinajstić information content (AvgIpc) is 3.17. The van der Waals surface area contributed by atoms with Crippen LogP contribution in [0.25, 0.3) is 0 Å². The van der Waals surface area contributed by atoms with Gasteiger partial charge in [0.05, 0.1) is 5.69 Å². The number of hydrogen-bond donors (Lipinski definition) is 1. The largest absolute Gasteiger partial charge is 0.506 e. The number of benzene rings is 1. The number of piperidine rings is 1. The number of phenolic OH excluding ortho intramolecular Hbond substituents is 1. The Balaban J connectivity index is 0.00000131. The van der Waals surface area contributed by atoms with E-state index in [9.17, 15) is 5.11 Å². The fourth-order valence-electron chi connectivity index (χ4n) is 3.88. The van der Waals surface area contributed by atoms with Crippen LogP contribution in [0.15, 0.2) is 35.7 Å². The molecule has 2 aromatic rings. The molecule has 0 bridgehead atoms. The van der Waals surface area contributed by atoms with Crippen molar-refractivity contribution in [3.63, 3.8) is 0 Å². The summed E-state index contributed by atoms with van der Waals surface area (Å²) in [7, 11) is 0. The van der Waals surface area contributed by atoms with Gasteiger partial charge >= 0.3 is 0 Å². The van der Waals surface area contributed by atoms with E-state index in [2.05, 4.69) is 44.3 Å². The van der Waals surface area contributed by atoms with E-state index in [1.165, 1.54) is 29.8 Å². The van der Waals surface area contributed by atoms with Gasteiger partial charge < -0.3 is 14.9 Å². The van der Waals surface area contributed by atoms with Crippen molar-refractivity contribution in [3.8, 4) is 5.75 Å². The van der Waals surface area contributed by atoms with Crippen molar-refractivity contribution < 1.29 is 5.11 Å². The summed E-state index contributed by atoms with van der Waals surface area (Å²) in [6.07, 6.45) is 3.89. The molecule has 2 fully saturated rings. The van der Waals surface area contributed by atoms with Crippen LogP contribution in [-0.2, 0) is 6.54 Å². The molecule has 2 saturated heterocycles. The lowest BCUT2D eigenvalue weighted by Gasteiger charge is -2.37. The fourth-order valence-corrected chi connectivity index (χ4v) is 4.63. The lowest BCUT2D eigenvalue weighted by molar-refractivity contribution is 0.251. The smallest absolute Gasteiger partial charge is 0.139 e. The summed E-state index contributed by atoms with van der Waals surface area (Å²) in [6.45, 7) is 7.37. The van der Waals surface area contributed by atoms with Crippen molar-refractivity contribution in [3.05, 3.63) is 40.6 Å². The molecular weight excluding hydrogens is 437 g/mol. The molecule has 0 radical (unpaired) electrons. The predicted octanol–water partition coefficient (Wildman–Crippen LogP) is 5.03. The number of nitrogens with zero attached hydrogens (tertiary/aromatic N) is 3. The molecule has 0 aliphatic carbocycles. The molecule has 158 valence electrons. The molecule has 0 atom stereocenters. The predicted molar refractivity (Wildman–Crippen MR) is 128 cm³/mol. The maximum atomic E-state index is 10.4. The normalized spacial score (nSPS) is 17.3. The summed E-state index contributed by atoms with van der Waals surface area (Å²) in [5, 5.41) is 12.5. The summed E-state index contributed by atoms with van der Waals surface area (Å²) in [4.78, 5) is 8.74. The second-order valence-corrected chi connectivity index (χ2v) is 8.10. The Hall–Kier alpha value is -0.850. The summed E-state index contributed by atoms with van der Waals surface area (Å²) in [5.74, 6) is 0.410. The Morgan fingerprint density at radius 3 is 2.18 bits per heavy atom. The van der Waals surface area contributed by atoms with Crippen LogP contribution >= 0.6 is 48.6 Å². The lowest BCUT2D eigenvalue weighted by Crippen LogP contribution is -2.46. The molecule has 4 rings (SSSR count). The quantitative estimate of drug-likeness (QED) is 0.684. The molecule has 0 amide bonds. The van der Waals surface area contributed by atoms with Crippen molar-refractivity contribution >= 4 is 59.9 Å². The number of phenols is 1. The van der Waals surface area contributed by atoms with Crippen molar-refractivity contribution in [1.29, 1.82) is 0 Å². The molecule has 1 aromatic heterocycles. The van der Waals surface area contributed by atoms with Crippen LogP contribution < -0.4 is 9.80 Å². The average molecular weight is 467 g/mol. The van der Waals surface area contributed by atoms with Crippen LogP contribution in [0.4, 0.5) is 11.4 Å². The molecule has 2 aliphatic rings. The van der Waals surface area contributed by atoms with Gasteiger partial charge in [0.25, 0.3) is 0 Å². The van der Waals surface area contributed by atoms with E-state index in [0.29, 0.717) is 5.75 Å². The molecule has 0 saturated carbocycles. The number of rotatable bonds is 4. The number of thiophene rings is 1. The summed E-state index contributed by atoms with van der Waals surface area (Å²) in [5.41, 5.74) is 2.26. The second kappa shape index (κ2) is 12.0. The first-order chi connectivity index (χ1) is 12.3. The highest BCUT2D eigenvalue weighted by Gasteiger charge is 2.21. The molecule has 1 N–H and O–H groups in total. The van der Waals surface area contributed by atoms with Gasteiger partial charge in [0, 0.05) is 56.4 Å². The van der Waals surface area contributed by atoms with E-state index >= 15 is 0 Å². The van der Waals surface area contributed by atoms with Crippen molar-refractivity contribution in [2.75, 3.05) is 49.1 Å². The number of hydrogen-bond acceptors (Lipinski definition) is 5. The zero-order valence-electron chi connectivity index (χ0n) is 16.0. The minimum atomic E-state index is 0. The summed E-state index contributed by atoms with van der Waals surface area (Å²) < 4.78 is 0. The Bertz CT molecular complexity index is 688. The Morgan fingerprint density at radius 1 is 0.821 bits per heavy atom. The standard InChI is InChI=1S/C20H27N3OS.3ClH/c24-20-7-6-17(22-8-2-1-3-9-22)15-19(20)23-12-10-21(11-13-23)16-18-5-4-14-25-18;;;/h4-7,14-15,24H,1-3,8-13,16H2;3*1H. The second-order valence-electron chi connectivity index (χ2n) is 7.06. The maximum absolute atomic E-state index is 10.4. The molecule has 2 aliphatic heterocycles. The van der Waals surface area contributed by atoms with E-state index in [1.807, 2.05) is 17.4 Å². The summed E-state index contributed by atoms with van der Waals surface area (Å²) >= 11 is 1.83. The van der Waals surface area contributed by atoms with Crippen LogP contribution in [0.2, 0.25) is 0 Å². The highest BCUT2D eigenvalue weighted by Crippen LogP contribution is 2.33. The molecule has 8 heteroatoms. The molecule has 4 nitrogen and oxygen atoms in total. The van der Waals surface area contributed by atoms with E-state index in [-0.39, 0.29) is 37.2 Å². The van der Waals surface area contributed by atoms with E-state index in [4.69, 9.17) is 0 Å². The van der Waals surface area contributed by atoms with Crippen LogP contribution in [0.5, 0.6) is 5.75 Å². The SMILES string of the molecule is Cl.Cl.Cl.Oc1ccc(N2CCCCC2)cc1N1CCN(Cc2cccs2)CC1. The highest BCUT2D eigenvalue weighted by molar-refractivity contribution is 7.09. The Kier molecular flexibility index (Phi) is 10.8. The first-order valence-electron chi connectivity index (χ1n) is 9.37. The number of halogens is 3. The van der Waals surface area contributed by atoms with Gasteiger partial charge in [0.15, 0.2) is 0 Å². The Morgan fingerprint density at radius 2 is 1.54 bits per heavy atom. The maximum Gasteiger partial charge on any atom is 0.139 e. The Labute approximate surface area is 190 Å². The minimum Gasteiger partial charge on any atom is -0.506 e. The zero-order valence-corrected chi connectivity index (χ0v) is 19.2. The third kappa shape index (κ3) is 6.07.